The molecule has 0 spiro atoms. The molecule has 0 aromatic heterocycles. The molecule has 0 saturated carbocycles. The number of likely N-dealkylation sites (N-methyl/N-ethyl adjacent to an activating group) is 1. The summed E-state index contributed by atoms with van der Waals surface area (Å²) in [5.41, 5.74) is 4.45. The number of likely N-dealkylation sites (tertiary alicyclic amines) is 1. The van der Waals surface area contributed by atoms with Gasteiger partial charge in [0.15, 0.2) is 5.60 Å². The van der Waals surface area contributed by atoms with Gasteiger partial charge in [0.25, 0.3) is 11.8 Å². The number of nitrogens with two attached hydrogens (primary N) is 1. The molecule has 6 rings (SSSR count). The smallest absolute Gasteiger partial charge is 0.255 e. The van der Waals surface area contributed by atoms with Crippen molar-refractivity contribution in [3.05, 3.63) is 75.8 Å². The molecule has 1 unspecified atom stereocenters. The van der Waals surface area contributed by atoms with E-state index in [-0.39, 0.29) is 35.6 Å². The Morgan fingerprint density at radius 2 is 1.81 bits per heavy atom. The highest BCUT2D eigenvalue weighted by atomic mass is 16.4. The van der Waals surface area contributed by atoms with Crippen molar-refractivity contribution in [2.75, 3.05) is 40.3 Å². The van der Waals surface area contributed by atoms with Gasteiger partial charge in [-0.05, 0) is 93.7 Å². The fourth-order valence-electron chi connectivity index (χ4n) is 8.15. The number of rotatable bonds is 7. The van der Waals surface area contributed by atoms with Crippen LogP contribution in [0.25, 0.3) is 11.1 Å². The van der Waals surface area contributed by atoms with Gasteiger partial charge in [-0.3, -0.25) is 19.3 Å². The first-order valence-electron chi connectivity index (χ1n) is 16.1. The van der Waals surface area contributed by atoms with E-state index in [0.717, 1.165) is 19.6 Å². The summed E-state index contributed by atoms with van der Waals surface area (Å²) in [4.78, 5) is 42.7. The van der Waals surface area contributed by atoms with Gasteiger partial charge in [-0.25, -0.2) is 0 Å². The number of piperidine rings is 1. The van der Waals surface area contributed by atoms with E-state index in [0.29, 0.717) is 28.8 Å². The maximum absolute atomic E-state index is 13.5. The summed E-state index contributed by atoms with van der Waals surface area (Å²) in [5, 5.41) is 60.1. The number of phenolic OH excluding ortho intramolecular Hbond substituents is 1. The second-order valence-corrected chi connectivity index (χ2v) is 13.3. The maximum atomic E-state index is 13.5. The Hall–Kier alpha value is -4.23. The van der Waals surface area contributed by atoms with E-state index in [4.69, 9.17) is 5.73 Å². The molecule has 3 aliphatic carbocycles. The lowest BCUT2D eigenvalue weighted by molar-refractivity contribution is -0.149. The van der Waals surface area contributed by atoms with Crippen molar-refractivity contribution in [3.63, 3.8) is 0 Å². The number of Topliss-reactive ketones (excluding diaryl/α,β-unsaturated/α-hetero) is 1. The molecule has 8 N–H and O–H groups in total. The molecule has 1 saturated heterocycles. The van der Waals surface area contributed by atoms with E-state index in [1.807, 2.05) is 6.07 Å². The standard InChI is InChI=1S/C35H42N4O8/c1-38(2)28-23-17-20-16-22-21(18-7-6-8-19(15-18)34(46)37-11-14-39-12-4-3-5-13-39)9-10-24(40)26(22)29(41)25(20)31(43)35(23,47)32(44)27(30(28)42)33(36)45/h6-10,15,20,23,28-29,40-43,47H,3-5,11-14,16-17H2,1-2H3,(H2,36,45)(H,37,46)/t20-,23-,28-,29?,35-/m0/s1. The number of nitrogens with one attached hydrogen (secondary N) is 1. The van der Waals surface area contributed by atoms with Crippen LogP contribution in [-0.4, -0.2) is 105 Å². The monoisotopic (exact) mass is 646 g/mol. The number of primary amides is 1. The Morgan fingerprint density at radius 3 is 2.49 bits per heavy atom. The lowest BCUT2D eigenvalue weighted by Gasteiger charge is -2.51. The molecule has 2 aromatic carbocycles. The number of benzene rings is 2. The Bertz CT molecular complexity index is 1690. The number of ketones is 1. The van der Waals surface area contributed by atoms with Crippen LogP contribution in [0.2, 0.25) is 0 Å². The minimum absolute atomic E-state index is 0.0402. The van der Waals surface area contributed by atoms with Crippen LogP contribution < -0.4 is 11.1 Å². The van der Waals surface area contributed by atoms with Gasteiger partial charge in [0.05, 0.1) is 6.04 Å². The number of hydrogen-bond acceptors (Lipinski definition) is 10. The summed E-state index contributed by atoms with van der Waals surface area (Å²) in [6.45, 7) is 3.39. The number of aliphatic hydroxyl groups excluding tert-OH is 3. The third-order valence-electron chi connectivity index (χ3n) is 10.4. The van der Waals surface area contributed by atoms with Crippen LogP contribution in [0.1, 0.15) is 53.3 Å². The van der Waals surface area contributed by atoms with Crippen molar-refractivity contribution in [2.24, 2.45) is 17.6 Å². The highest BCUT2D eigenvalue weighted by molar-refractivity contribution is 6.24. The number of carbonyl (C=O) groups is 3. The molecule has 47 heavy (non-hydrogen) atoms. The maximum Gasteiger partial charge on any atom is 0.255 e. The molecule has 12 nitrogen and oxygen atoms in total. The topological polar surface area (TPSA) is 197 Å². The summed E-state index contributed by atoms with van der Waals surface area (Å²) in [6, 6.07) is 9.17. The first-order valence-corrected chi connectivity index (χ1v) is 16.1. The summed E-state index contributed by atoms with van der Waals surface area (Å²) >= 11 is 0. The molecule has 12 heteroatoms. The zero-order chi connectivity index (χ0) is 33.8. The van der Waals surface area contributed by atoms with E-state index in [2.05, 4.69) is 10.2 Å². The van der Waals surface area contributed by atoms with Gasteiger partial charge >= 0.3 is 0 Å². The van der Waals surface area contributed by atoms with Crippen molar-refractivity contribution in [3.8, 4) is 16.9 Å². The predicted molar refractivity (Wildman–Crippen MR) is 172 cm³/mol. The summed E-state index contributed by atoms with van der Waals surface area (Å²) < 4.78 is 0. The van der Waals surface area contributed by atoms with E-state index >= 15 is 0 Å². The molecule has 0 radical (unpaired) electrons. The fraction of sp³-hybridized carbons (Fsp3) is 0.457. The number of phenols is 1. The summed E-state index contributed by atoms with van der Waals surface area (Å²) in [7, 11) is 3.20. The average molecular weight is 647 g/mol. The van der Waals surface area contributed by atoms with E-state index in [1.54, 1.807) is 38.4 Å². The molecule has 250 valence electrons. The van der Waals surface area contributed by atoms with E-state index in [1.165, 1.54) is 30.2 Å². The van der Waals surface area contributed by atoms with Gasteiger partial charge in [0.1, 0.15) is 28.9 Å². The fourth-order valence-corrected chi connectivity index (χ4v) is 8.15. The second kappa shape index (κ2) is 12.4. The third-order valence-corrected chi connectivity index (χ3v) is 10.4. The normalized spacial score (nSPS) is 27.7. The predicted octanol–water partition coefficient (Wildman–Crippen LogP) is 1.85. The SMILES string of the molecule is CN(C)[C@@H]1C(O)=C(C(N)=O)C(=O)[C@@]2(O)C(O)=C3C(O)c4c(O)ccc(-c5cccc(C(=O)NCCN6CCCCC6)c5)c4C[C@H]3C[C@@H]12. The first-order chi connectivity index (χ1) is 22.4. The van der Waals surface area contributed by atoms with Crippen LogP contribution >= 0.6 is 0 Å². The van der Waals surface area contributed by atoms with Crippen molar-refractivity contribution >= 4 is 17.6 Å². The quantitative estimate of drug-likeness (QED) is 0.218. The van der Waals surface area contributed by atoms with Gasteiger partial charge in [0, 0.05) is 35.7 Å². The highest BCUT2D eigenvalue weighted by Gasteiger charge is 2.63. The van der Waals surface area contributed by atoms with Crippen molar-refractivity contribution in [2.45, 2.75) is 49.9 Å². The Morgan fingerprint density at radius 1 is 1.09 bits per heavy atom. The van der Waals surface area contributed by atoms with Crippen LogP contribution in [0.4, 0.5) is 0 Å². The molecule has 5 atom stereocenters. The van der Waals surface area contributed by atoms with Gasteiger partial charge in [0.2, 0.25) is 5.78 Å². The van der Waals surface area contributed by atoms with Crippen LogP contribution in [0.5, 0.6) is 5.75 Å². The number of fused-ring (bicyclic) bond motifs is 3. The van der Waals surface area contributed by atoms with Crippen LogP contribution in [0.15, 0.2) is 59.1 Å². The molecule has 2 amide bonds. The molecule has 0 bridgehead atoms. The molecule has 4 aliphatic rings. The molecular formula is C35H42N4O8. The second-order valence-electron chi connectivity index (χ2n) is 13.3. The number of aromatic hydroxyl groups is 1. The number of hydrogen-bond donors (Lipinski definition) is 7. The molecule has 1 fully saturated rings. The zero-order valence-electron chi connectivity index (χ0n) is 26.6. The van der Waals surface area contributed by atoms with Crippen molar-refractivity contribution in [1.82, 2.24) is 15.1 Å². The van der Waals surface area contributed by atoms with Gasteiger partial charge < -0.3 is 41.5 Å². The van der Waals surface area contributed by atoms with Crippen molar-refractivity contribution < 1.29 is 39.9 Å². The number of nitrogens with zero attached hydrogens (tertiary/aromatic N) is 2. The molecule has 1 aliphatic heterocycles. The lowest BCUT2D eigenvalue weighted by atomic mass is 9.58. The van der Waals surface area contributed by atoms with Gasteiger partial charge in [-0.15, -0.1) is 0 Å². The minimum atomic E-state index is -2.64. The number of aliphatic hydroxyl groups is 4. The van der Waals surface area contributed by atoms with Crippen LogP contribution in [0, 0.1) is 11.8 Å². The average Bonchev–Trinajstić information content (AvgIpc) is 3.03. The Labute approximate surface area is 272 Å². The zero-order valence-corrected chi connectivity index (χ0v) is 26.6. The minimum Gasteiger partial charge on any atom is -0.510 e. The molecule has 2 aromatic rings. The molecular weight excluding hydrogens is 604 g/mol. The third kappa shape index (κ3) is 5.38. The summed E-state index contributed by atoms with van der Waals surface area (Å²) in [6.07, 6.45) is 2.24. The number of carbonyl (C=O) groups excluding carboxylic acids is 3. The van der Waals surface area contributed by atoms with Crippen LogP contribution in [-0.2, 0) is 16.0 Å². The highest BCUT2D eigenvalue weighted by Crippen LogP contribution is 2.56. The van der Waals surface area contributed by atoms with Gasteiger partial charge in [-0.2, -0.15) is 0 Å². The van der Waals surface area contributed by atoms with Crippen molar-refractivity contribution in [1.29, 1.82) is 0 Å². The first kappa shape index (κ1) is 32.7. The van der Waals surface area contributed by atoms with Crippen LogP contribution in [0.3, 0.4) is 0 Å². The lowest BCUT2D eigenvalue weighted by Crippen LogP contribution is -2.63. The largest absolute Gasteiger partial charge is 0.510 e. The Balaban J connectivity index is 1.35. The summed E-state index contributed by atoms with van der Waals surface area (Å²) in [5.74, 6) is -6.04. The Kier molecular flexibility index (Phi) is 8.64. The van der Waals surface area contributed by atoms with E-state index < -0.39 is 58.4 Å². The number of amides is 2. The van der Waals surface area contributed by atoms with E-state index in [9.17, 15) is 39.9 Å². The van der Waals surface area contributed by atoms with Gasteiger partial charge in [-0.1, -0.05) is 24.6 Å². The molecule has 1 heterocycles.